The Morgan fingerprint density at radius 1 is 0.778 bits per heavy atom. The molecule has 0 atom stereocenters. The third-order valence-electron chi connectivity index (χ3n) is 4.98. The van der Waals surface area contributed by atoms with Crippen molar-refractivity contribution in [1.82, 2.24) is 9.97 Å². The second-order valence-corrected chi connectivity index (χ2v) is 6.84. The Balaban J connectivity index is 1.72. The third-order valence-corrected chi connectivity index (χ3v) is 4.98. The van der Waals surface area contributed by atoms with E-state index in [0.717, 1.165) is 38.9 Å². The van der Waals surface area contributed by atoms with Gasteiger partial charge in [0.25, 0.3) is 0 Å². The summed E-state index contributed by atoms with van der Waals surface area (Å²) < 4.78 is 6.00. The quantitative estimate of drug-likeness (QED) is 0.373. The monoisotopic (exact) mass is 350 g/mol. The number of rotatable bonds is 2. The fourth-order valence-electron chi connectivity index (χ4n) is 3.62. The summed E-state index contributed by atoms with van der Waals surface area (Å²) in [4.78, 5) is 9.32. The van der Waals surface area contributed by atoms with Crippen molar-refractivity contribution >= 4 is 22.1 Å². The van der Waals surface area contributed by atoms with E-state index in [1.165, 1.54) is 11.1 Å². The van der Waals surface area contributed by atoms with E-state index in [-0.39, 0.29) is 0 Å². The van der Waals surface area contributed by atoms with Gasteiger partial charge in [0, 0.05) is 33.8 Å². The van der Waals surface area contributed by atoms with Crippen LogP contribution in [0.3, 0.4) is 0 Å². The minimum Gasteiger partial charge on any atom is -0.438 e. The summed E-state index contributed by atoms with van der Waals surface area (Å²) in [5, 5.41) is 2.11. The van der Waals surface area contributed by atoms with Gasteiger partial charge in [-0.2, -0.15) is 0 Å². The molecule has 130 valence electrons. The first kappa shape index (κ1) is 15.8. The van der Waals surface area contributed by atoms with Crippen LogP contribution in [0.25, 0.3) is 44.5 Å². The topological polar surface area (TPSA) is 38.9 Å². The predicted octanol–water partition coefficient (Wildman–Crippen LogP) is 6.33. The van der Waals surface area contributed by atoms with Crippen LogP contribution in [0.5, 0.6) is 0 Å². The Hall–Kier alpha value is -3.46. The van der Waals surface area contributed by atoms with Crippen LogP contribution >= 0.6 is 0 Å². The lowest BCUT2D eigenvalue weighted by Gasteiger charge is -2.08. The highest BCUT2D eigenvalue weighted by atomic mass is 16.3. The van der Waals surface area contributed by atoms with E-state index < -0.39 is 0 Å². The number of benzene rings is 2. The van der Waals surface area contributed by atoms with Gasteiger partial charge in [-0.15, -0.1) is 0 Å². The van der Waals surface area contributed by atoms with Gasteiger partial charge in [0.15, 0.2) is 0 Å². The van der Waals surface area contributed by atoms with Gasteiger partial charge < -0.3 is 4.42 Å². The van der Waals surface area contributed by atoms with Crippen LogP contribution in [-0.2, 0) is 0 Å². The summed E-state index contributed by atoms with van der Waals surface area (Å²) in [5.41, 5.74) is 7.97. The lowest BCUT2D eigenvalue weighted by Crippen LogP contribution is -1.89. The van der Waals surface area contributed by atoms with Crippen molar-refractivity contribution in [2.75, 3.05) is 0 Å². The van der Waals surface area contributed by atoms with Crippen LogP contribution in [0.2, 0.25) is 0 Å². The molecule has 5 aromatic rings. The summed E-state index contributed by atoms with van der Waals surface area (Å²) in [7, 11) is 0. The molecule has 0 amide bonds. The molecular weight excluding hydrogens is 332 g/mol. The van der Waals surface area contributed by atoms with E-state index in [0.29, 0.717) is 5.71 Å². The average molecular weight is 350 g/mol. The second kappa shape index (κ2) is 6.06. The van der Waals surface area contributed by atoms with E-state index in [4.69, 9.17) is 9.40 Å². The molecule has 0 aliphatic carbocycles. The first-order valence-electron chi connectivity index (χ1n) is 9.02. The van der Waals surface area contributed by atoms with Gasteiger partial charge in [0.1, 0.15) is 5.58 Å². The Morgan fingerprint density at radius 2 is 1.63 bits per heavy atom. The van der Waals surface area contributed by atoms with E-state index in [2.05, 4.69) is 48.3 Å². The van der Waals surface area contributed by atoms with Crippen molar-refractivity contribution < 1.29 is 4.42 Å². The Morgan fingerprint density at radius 3 is 2.41 bits per heavy atom. The van der Waals surface area contributed by atoms with Gasteiger partial charge in [-0.25, -0.2) is 4.98 Å². The average Bonchev–Trinajstić information content (AvgIpc) is 3.06. The highest BCUT2D eigenvalue weighted by Gasteiger charge is 2.16. The van der Waals surface area contributed by atoms with Crippen LogP contribution in [0.15, 0.2) is 77.3 Å². The SMILES string of the molecule is Cc1ccc2c(n1)oc1ccc(C)c(-c3ccc(-c4ccccc4)cn3)c12. The van der Waals surface area contributed by atoms with E-state index >= 15 is 0 Å². The molecule has 0 saturated carbocycles. The number of aryl methyl sites for hydroxylation is 2. The highest BCUT2D eigenvalue weighted by molar-refractivity contribution is 6.12. The first-order chi connectivity index (χ1) is 13.2. The van der Waals surface area contributed by atoms with Crippen LogP contribution in [-0.4, -0.2) is 9.97 Å². The van der Waals surface area contributed by atoms with E-state index in [1.807, 2.05) is 43.5 Å². The predicted molar refractivity (Wildman–Crippen MR) is 110 cm³/mol. The van der Waals surface area contributed by atoms with Gasteiger partial charge in [0.2, 0.25) is 5.71 Å². The molecule has 0 aliphatic heterocycles. The lowest BCUT2D eigenvalue weighted by molar-refractivity contribution is 0.652. The van der Waals surface area contributed by atoms with E-state index in [9.17, 15) is 0 Å². The molecular formula is C24H18N2O. The fourth-order valence-corrected chi connectivity index (χ4v) is 3.62. The summed E-state index contributed by atoms with van der Waals surface area (Å²) in [6, 6.07) is 22.7. The van der Waals surface area contributed by atoms with Crippen molar-refractivity contribution in [3.63, 3.8) is 0 Å². The first-order valence-corrected chi connectivity index (χ1v) is 9.02. The molecule has 3 aromatic heterocycles. The maximum Gasteiger partial charge on any atom is 0.227 e. The minimum atomic E-state index is 0.678. The number of hydrogen-bond donors (Lipinski definition) is 0. The molecule has 0 fully saturated rings. The zero-order chi connectivity index (χ0) is 18.4. The molecule has 5 rings (SSSR count). The van der Waals surface area contributed by atoms with Gasteiger partial charge in [0.05, 0.1) is 5.69 Å². The molecule has 0 saturated heterocycles. The van der Waals surface area contributed by atoms with Gasteiger partial charge in [-0.05, 0) is 49.2 Å². The smallest absolute Gasteiger partial charge is 0.227 e. The number of fused-ring (bicyclic) bond motifs is 3. The highest BCUT2D eigenvalue weighted by Crippen LogP contribution is 2.37. The summed E-state index contributed by atoms with van der Waals surface area (Å²) in [5.74, 6) is 0. The number of aromatic nitrogens is 2. The normalized spacial score (nSPS) is 11.3. The molecule has 0 unspecified atom stereocenters. The molecule has 0 spiro atoms. The van der Waals surface area contributed by atoms with Gasteiger partial charge in [-0.3, -0.25) is 4.98 Å². The third kappa shape index (κ3) is 2.59. The van der Waals surface area contributed by atoms with Crippen LogP contribution < -0.4 is 0 Å². The molecule has 3 heteroatoms. The van der Waals surface area contributed by atoms with Gasteiger partial charge in [-0.1, -0.05) is 42.5 Å². The Kier molecular flexibility index (Phi) is 3.54. The molecule has 2 aromatic carbocycles. The Bertz CT molecular complexity index is 1270. The lowest BCUT2D eigenvalue weighted by atomic mass is 9.98. The minimum absolute atomic E-state index is 0.678. The standard InChI is InChI=1S/C24H18N2O/c1-15-8-13-21-23(19-11-9-16(2)26-24(19)27-21)22(15)20-12-10-18(14-25-20)17-6-4-3-5-7-17/h3-14H,1-2H3. The molecule has 3 heterocycles. The molecule has 0 N–H and O–H groups in total. The van der Waals surface area contributed by atoms with Crippen molar-refractivity contribution in [3.8, 4) is 22.4 Å². The largest absolute Gasteiger partial charge is 0.438 e. The zero-order valence-corrected chi connectivity index (χ0v) is 15.2. The Labute approximate surface area is 157 Å². The fraction of sp³-hybridized carbons (Fsp3) is 0.0833. The van der Waals surface area contributed by atoms with Crippen molar-refractivity contribution in [1.29, 1.82) is 0 Å². The molecule has 0 bridgehead atoms. The van der Waals surface area contributed by atoms with Gasteiger partial charge >= 0.3 is 0 Å². The number of pyridine rings is 2. The summed E-state index contributed by atoms with van der Waals surface area (Å²) in [6.07, 6.45) is 1.94. The van der Waals surface area contributed by atoms with Crippen LogP contribution in [0.1, 0.15) is 11.3 Å². The maximum absolute atomic E-state index is 6.00. The number of nitrogens with zero attached hydrogens (tertiary/aromatic N) is 2. The second-order valence-electron chi connectivity index (χ2n) is 6.84. The molecule has 0 radical (unpaired) electrons. The maximum atomic E-state index is 6.00. The summed E-state index contributed by atoms with van der Waals surface area (Å²) in [6.45, 7) is 4.09. The molecule has 0 aliphatic rings. The number of hydrogen-bond acceptors (Lipinski definition) is 3. The van der Waals surface area contributed by atoms with Crippen LogP contribution in [0, 0.1) is 13.8 Å². The summed E-state index contributed by atoms with van der Waals surface area (Å²) >= 11 is 0. The van der Waals surface area contributed by atoms with Crippen molar-refractivity contribution in [2.45, 2.75) is 13.8 Å². The van der Waals surface area contributed by atoms with E-state index in [1.54, 1.807) is 0 Å². The van der Waals surface area contributed by atoms with Crippen molar-refractivity contribution in [3.05, 3.63) is 84.2 Å². The van der Waals surface area contributed by atoms with Crippen molar-refractivity contribution in [2.24, 2.45) is 0 Å². The zero-order valence-electron chi connectivity index (χ0n) is 15.2. The number of furan rings is 1. The molecule has 3 nitrogen and oxygen atoms in total. The van der Waals surface area contributed by atoms with Crippen LogP contribution in [0.4, 0.5) is 0 Å². The molecule has 27 heavy (non-hydrogen) atoms.